The van der Waals surface area contributed by atoms with Crippen molar-refractivity contribution in [3.8, 4) is 0 Å². The van der Waals surface area contributed by atoms with Crippen LogP contribution in [0.3, 0.4) is 0 Å². The summed E-state index contributed by atoms with van der Waals surface area (Å²) in [7, 11) is 0. The molecule has 13 heavy (non-hydrogen) atoms. The monoisotopic (exact) mass is 202 g/mol. The third kappa shape index (κ3) is 2.91. The Morgan fingerprint density at radius 1 is 1.62 bits per heavy atom. The highest BCUT2D eigenvalue weighted by Gasteiger charge is 2.01. The smallest absolute Gasteiger partial charge is 0.236 e. The second-order valence-electron chi connectivity index (χ2n) is 2.44. The fourth-order valence-electron chi connectivity index (χ4n) is 0.815. The molecular weight excluding hydrogens is 195 g/mol. The van der Waals surface area contributed by atoms with E-state index in [1.54, 1.807) is 0 Å². The summed E-state index contributed by atoms with van der Waals surface area (Å²) >= 11 is 5.66. The Bertz CT molecular complexity index is 330. The van der Waals surface area contributed by atoms with Gasteiger partial charge in [0.25, 0.3) is 0 Å². The van der Waals surface area contributed by atoms with Crippen LogP contribution in [0.4, 0.5) is 10.1 Å². The lowest BCUT2D eigenvalue weighted by Crippen LogP contribution is -2.21. The average Bonchev–Trinajstić information content (AvgIpc) is 2.02. The number of hydrogen-bond donors (Lipinski definition) is 2. The fourth-order valence-corrected chi connectivity index (χ4v) is 1.05. The molecule has 3 N–H and O–H groups in total. The third-order valence-electron chi connectivity index (χ3n) is 1.38. The molecule has 1 rings (SSSR count). The molecule has 0 unspecified atom stereocenters. The predicted molar refractivity (Wildman–Crippen MR) is 49.1 cm³/mol. The van der Waals surface area contributed by atoms with E-state index in [1.807, 2.05) is 0 Å². The van der Waals surface area contributed by atoms with Gasteiger partial charge < -0.3 is 11.1 Å². The average molecular weight is 203 g/mol. The van der Waals surface area contributed by atoms with E-state index in [-0.39, 0.29) is 11.6 Å². The maximum Gasteiger partial charge on any atom is 0.236 e. The summed E-state index contributed by atoms with van der Waals surface area (Å²) in [6, 6.07) is 3.85. The van der Waals surface area contributed by atoms with Crippen LogP contribution in [0.15, 0.2) is 18.2 Å². The van der Waals surface area contributed by atoms with Gasteiger partial charge in [0.15, 0.2) is 0 Å². The van der Waals surface area contributed by atoms with Crippen molar-refractivity contribution in [3.05, 3.63) is 29.0 Å². The van der Waals surface area contributed by atoms with Crippen molar-refractivity contribution in [2.75, 3.05) is 11.9 Å². The molecule has 1 amide bonds. The van der Waals surface area contributed by atoms with E-state index in [4.69, 9.17) is 17.3 Å². The molecule has 0 saturated carbocycles. The summed E-state index contributed by atoms with van der Waals surface area (Å²) < 4.78 is 12.5. The van der Waals surface area contributed by atoms with Gasteiger partial charge in [0.2, 0.25) is 5.91 Å². The van der Waals surface area contributed by atoms with Crippen molar-refractivity contribution < 1.29 is 9.18 Å². The minimum atomic E-state index is -0.500. The Morgan fingerprint density at radius 2 is 2.31 bits per heavy atom. The zero-order valence-corrected chi connectivity index (χ0v) is 7.44. The quantitative estimate of drug-likeness (QED) is 0.778. The first kappa shape index (κ1) is 9.80. The Kier molecular flexibility index (Phi) is 3.08. The second-order valence-corrected chi connectivity index (χ2v) is 2.85. The Morgan fingerprint density at radius 3 is 2.85 bits per heavy atom. The normalized spacial score (nSPS) is 9.69. The van der Waals surface area contributed by atoms with E-state index in [0.29, 0.717) is 5.69 Å². The molecule has 70 valence electrons. The van der Waals surface area contributed by atoms with Crippen LogP contribution < -0.4 is 11.1 Å². The molecular formula is C8H8ClFN2O. The van der Waals surface area contributed by atoms with Crippen LogP contribution in [-0.4, -0.2) is 12.5 Å². The first-order valence-electron chi connectivity index (χ1n) is 3.57. The number of amides is 1. The first-order valence-corrected chi connectivity index (χ1v) is 3.94. The molecule has 0 aliphatic heterocycles. The zero-order valence-electron chi connectivity index (χ0n) is 6.68. The number of nitrogens with two attached hydrogens (primary N) is 1. The van der Waals surface area contributed by atoms with Crippen LogP contribution in [0, 0.1) is 5.82 Å². The van der Waals surface area contributed by atoms with Gasteiger partial charge in [0.05, 0.1) is 17.3 Å². The van der Waals surface area contributed by atoms with Crippen LogP contribution in [0.2, 0.25) is 5.02 Å². The van der Waals surface area contributed by atoms with Gasteiger partial charge in [-0.2, -0.15) is 0 Å². The number of rotatable bonds is 3. The molecule has 3 nitrogen and oxygen atoms in total. The van der Waals surface area contributed by atoms with Crippen LogP contribution in [-0.2, 0) is 4.79 Å². The third-order valence-corrected chi connectivity index (χ3v) is 1.70. The SMILES string of the molecule is NC(=O)CNc1ccc(F)cc1Cl. The van der Waals surface area contributed by atoms with Crippen molar-refractivity contribution in [1.82, 2.24) is 0 Å². The molecule has 0 aliphatic carbocycles. The molecule has 0 aliphatic rings. The minimum Gasteiger partial charge on any atom is -0.375 e. The van der Waals surface area contributed by atoms with Crippen LogP contribution >= 0.6 is 11.6 Å². The van der Waals surface area contributed by atoms with Gasteiger partial charge >= 0.3 is 0 Å². The molecule has 0 radical (unpaired) electrons. The molecule has 1 aromatic carbocycles. The number of anilines is 1. The molecule has 5 heteroatoms. The number of benzene rings is 1. The van der Waals surface area contributed by atoms with Gasteiger partial charge in [-0.3, -0.25) is 4.79 Å². The molecule has 1 aromatic rings. The van der Waals surface area contributed by atoms with Crippen molar-refractivity contribution >= 4 is 23.2 Å². The Labute approximate surface area is 79.7 Å². The van der Waals surface area contributed by atoms with E-state index in [9.17, 15) is 9.18 Å². The van der Waals surface area contributed by atoms with Gasteiger partial charge in [0, 0.05) is 0 Å². The zero-order chi connectivity index (χ0) is 9.84. The Hall–Kier alpha value is -1.29. The van der Waals surface area contributed by atoms with Crippen molar-refractivity contribution in [2.24, 2.45) is 5.73 Å². The standard InChI is InChI=1S/C8H8ClFN2O/c9-6-3-5(10)1-2-7(6)12-4-8(11)13/h1-3,12H,4H2,(H2,11,13). The van der Waals surface area contributed by atoms with Crippen LogP contribution in [0.1, 0.15) is 0 Å². The lowest BCUT2D eigenvalue weighted by molar-refractivity contribution is -0.116. The second kappa shape index (κ2) is 4.09. The van der Waals surface area contributed by atoms with E-state index in [2.05, 4.69) is 5.32 Å². The number of hydrogen-bond acceptors (Lipinski definition) is 2. The van der Waals surface area contributed by atoms with Crippen molar-refractivity contribution in [1.29, 1.82) is 0 Å². The molecule has 0 heterocycles. The van der Waals surface area contributed by atoms with E-state index < -0.39 is 11.7 Å². The van der Waals surface area contributed by atoms with Gasteiger partial charge in [-0.1, -0.05) is 11.6 Å². The van der Waals surface area contributed by atoms with Gasteiger partial charge in [-0.25, -0.2) is 4.39 Å². The van der Waals surface area contributed by atoms with E-state index in [0.717, 1.165) is 6.07 Å². The van der Waals surface area contributed by atoms with Crippen molar-refractivity contribution in [2.45, 2.75) is 0 Å². The summed E-state index contributed by atoms with van der Waals surface area (Å²) in [5.74, 6) is -0.921. The van der Waals surface area contributed by atoms with Crippen LogP contribution in [0.5, 0.6) is 0 Å². The molecule has 0 fully saturated rings. The highest BCUT2D eigenvalue weighted by atomic mass is 35.5. The molecule has 0 aromatic heterocycles. The topological polar surface area (TPSA) is 55.1 Å². The van der Waals surface area contributed by atoms with Crippen LogP contribution in [0.25, 0.3) is 0 Å². The van der Waals surface area contributed by atoms with Gasteiger partial charge in [-0.05, 0) is 18.2 Å². The maximum absolute atomic E-state index is 12.5. The largest absolute Gasteiger partial charge is 0.375 e. The van der Waals surface area contributed by atoms with E-state index in [1.165, 1.54) is 12.1 Å². The number of halogens is 2. The summed E-state index contributed by atoms with van der Waals surface area (Å²) in [4.78, 5) is 10.4. The minimum absolute atomic E-state index is 0.0225. The van der Waals surface area contributed by atoms with Crippen molar-refractivity contribution in [3.63, 3.8) is 0 Å². The molecule has 0 bridgehead atoms. The molecule has 0 saturated heterocycles. The first-order chi connectivity index (χ1) is 6.09. The molecule has 0 spiro atoms. The Balaban J connectivity index is 2.72. The fraction of sp³-hybridized carbons (Fsp3) is 0.125. The number of primary amides is 1. The lowest BCUT2D eigenvalue weighted by Gasteiger charge is -2.05. The van der Waals surface area contributed by atoms with E-state index >= 15 is 0 Å². The summed E-state index contributed by atoms with van der Waals surface area (Å²) in [5, 5.41) is 2.89. The lowest BCUT2D eigenvalue weighted by atomic mass is 10.3. The summed E-state index contributed by atoms with van der Waals surface area (Å²) in [6.45, 7) is -0.0225. The predicted octanol–water partition coefficient (Wildman–Crippen LogP) is 1.38. The number of carbonyl (C=O) groups is 1. The maximum atomic E-state index is 12.5. The van der Waals surface area contributed by atoms with Gasteiger partial charge in [-0.15, -0.1) is 0 Å². The number of nitrogens with one attached hydrogen (secondary N) is 1. The summed E-state index contributed by atoms with van der Waals surface area (Å²) in [5.41, 5.74) is 5.39. The highest BCUT2D eigenvalue weighted by molar-refractivity contribution is 6.33. The number of carbonyl (C=O) groups excluding carboxylic acids is 1. The van der Waals surface area contributed by atoms with Gasteiger partial charge in [0.1, 0.15) is 5.82 Å². The highest BCUT2D eigenvalue weighted by Crippen LogP contribution is 2.21. The molecule has 0 atom stereocenters. The summed E-state index contributed by atoms with van der Waals surface area (Å²) in [6.07, 6.45) is 0.